The lowest BCUT2D eigenvalue weighted by Crippen LogP contribution is -2.67. The third-order valence-electron chi connectivity index (χ3n) is 4.08. The van der Waals surface area contributed by atoms with Gasteiger partial charge >= 0.3 is 0 Å². The molecule has 0 saturated carbocycles. The van der Waals surface area contributed by atoms with Crippen LogP contribution in [-0.2, 0) is 16.1 Å². The van der Waals surface area contributed by atoms with E-state index in [0.717, 1.165) is 5.56 Å². The molecule has 3 N–H and O–H groups in total. The third-order valence-corrected chi connectivity index (χ3v) is 4.08. The molecule has 1 atom stereocenters. The maximum absolute atomic E-state index is 12.7. The molecule has 1 aromatic carbocycles. The minimum absolute atomic E-state index is 0.179. The molecule has 0 fully saturated rings. The highest BCUT2D eigenvalue weighted by Crippen LogP contribution is 2.25. The van der Waals surface area contributed by atoms with E-state index in [2.05, 4.69) is 20.9 Å². The Morgan fingerprint density at radius 1 is 1.29 bits per heavy atom. The Balaban J connectivity index is 2.09. The van der Waals surface area contributed by atoms with Crippen LogP contribution in [0, 0.1) is 13.8 Å². The number of rotatable bonds is 8. The molecular formula is C19H24F2N4O3. The fourth-order valence-corrected chi connectivity index (χ4v) is 2.80. The number of nitrogens with zero attached hydrogens (tertiary/aromatic N) is 1. The molecule has 0 saturated heterocycles. The van der Waals surface area contributed by atoms with Gasteiger partial charge in [0.25, 0.3) is 12.3 Å². The van der Waals surface area contributed by atoms with Crippen molar-refractivity contribution in [2.75, 3.05) is 6.61 Å². The van der Waals surface area contributed by atoms with Crippen LogP contribution >= 0.6 is 0 Å². The molecule has 2 amide bonds. The van der Waals surface area contributed by atoms with Crippen molar-refractivity contribution >= 4 is 18.0 Å². The smallest absolute Gasteiger partial charge is 0.272 e. The van der Waals surface area contributed by atoms with Gasteiger partial charge in [0.15, 0.2) is 0 Å². The summed E-state index contributed by atoms with van der Waals surface area (Å²) in [5, 5.41) is 8.21. The second-order valence-corrected chi connectivity index (χ2v) is 6.39. The van der Waals surface area contributed by atoms with E-state index in [9.17, 15) is 18.4 Å². The number of carbonyl (C=O) groups is 2. The van der Waals surface area contributed by atoms with E-state index in [0.29, 0.717) is 16.9 Å². The Hall–Kier alpha value is -2.97. The van der Waals surface area contributed by atoms with Crippen LogP contribution in [0.3, 0.4) is 0 Å². The number of amides is 2. The Kier molecular flexibility index (Phi) is 7.08. The number of aliphatic imine (C=N–C) groups is 1. The largest absolute Gasteiger partial charge is 0.487 e. The second kappa shape index (κ2) is 9.29. The molecule has 2 rings (SSSR count). The Labute approximate surface area is 162 Å². The summed E-state index contributed by atoms with van der Waals surface area (Å²) in [6.07, 6.45) is 1.93. The van der Waals surface area contributed by atoms with Crippen molar-refractivity contribution < 1.29 is 23.1 Å². The SMILES string of the molecule is CCC(=O)NC1(C(=O)NCc2cc(C)c(OCC(F)F)c(C)c2)C=NC=CN1. The predicted octanol–water partition coefficient (Wildman–Crippen LogP) is 1.93. The molecule has 0 aliphatic carbocycles. The topological polar surface area (TPSA) is 91.8 Å². The Bertz CT molecular complexity index is 772. The molecule has 1 heterocycles. The fraction of sp³-hybridized carbons (Fsp3) is 0.421. The van der Waals surface area contributed by atoms with E-state index >= 15 is 0 Å². The van der Waals surface area contributed by atoms with Gasteiger partial charge in [-0.25, -0.2) is 8.78 Å². The summed E-state index contributed by atoms with van der Waals surface area (Å²) in [7, 11) is 0. The minimum atomic E-state index is -2.55. The van der Waals surface area contributed by atoms with Gasteiger partial charge in [0, 0.05) is 25.4 Å². The van der Waals surface area contributed by atoms with Gasteiger partial charge in [0.05, 0.1) is 6.21 Å². The lowest BCUT2D eigenvalue weighted by atomic mass is 10.0. The van der Waals surface area contributed by atoms with Crippen LogP contribution in [0.2, 0.25) is 0 Å². The normalized spacial score (nSPS) is 17.9. The fourth-order valence-electron chi connectivity index (χ4n) is 2.80. The van der Waals surface area contributed by atoms with Crippen LogP contribution in [0.15, 0.2) is 29.5 Å². The number of carbonyl (C=O) groups excluding carboxylic acids is 2. The van der Waals surface area contributed by atoms with Gasteiger partial charge in [-0.1, -0.05) is 19.1 Å². The lowest BCUT2D eigenvalue weighted by molar-refractivity contribution is -0.131. The van der Waals surface area contributed by atoms with E-state index < -0.39 is 24.6 Å². The molecule has 1 aromatic rings. The summed E-state index contributed by atoms with van der Waals surface area (Å²) in [6, 6.07) is 3.52. The van der Waals surface area contributed by atoms with Crippen LogP contribution in [0.25, 0.3) is 0 Å². The summed E-state index contributed by atoms with van der Waals surface area (Å²) in [5.41, 5.74) is 0.693. The molecule has 152 valence electrons. The monoisotopic (exact) mass is 394 g/mol. The number of benzene rings is 1. The molecule has 0 spiro atoms. The van der Waals surface area contributed by atoms with E-state index in [1.165, 1.54) is 18.6 Å². The van der Waals surface area contributed by atoms with E-state index in [1.807, 2.05) is 0 Å². The van der Waals surface area contributed by atoms with Crippen molar-refractivity contribution in [3.8, 4) is 5.75 Å². The quantitative estimate of drug-likeness (QED) is 0.628. The van der Waals surface area contributed by atoms with Crippen molar-refractivity contribution in [3.63, 3.8) is 0 Å². The van der Waals surface area contributed by atoms with Crippen molar-refractivity contribution in [2.24, 2.45) is 4.99 Å². The van der Waals surface area contributed by atoms with Gasteiger partial charge in [-0.2, -0.15) is 0 Å². The lowest BCUT2D eigenvalue weighted by Gasteiger charge is -2.31. The second-order valence-electron chi connectivity index (χ2n) is 6.39. The van der Waals surface area contributed by atoms with Gasteiger partial charge in [-0.05, 0) is 30.5 Å². The zero-order valence-corrected chi connectivity index (χ0v) is 16.0. The summed E-state index contributed by atoms with van der Waals surface area (Å²) < 4.78 is 29.9. The molecule has 1 aliphatic rings. The molecule has 7 nitrogen and oxygen atoms in total. The highest BCUT2D eigenvalue weighted by molar-refractivity contribution is 6.06. The number of hydrogen-bond donors (Lipinski definition) is 3. The minimum Gasteiger partial charge on any atom is -0.487 e. The Morgan fingerprint density at radius 3 is 2.50 bits per heavy atom. The maximum Gasteiger partial charge on any atom is 0.272 e. The summed E-state index contributed by atoms with van der Waals surface area (Å²) in [5.74, 6) is -0.374. The number of alkyl halides is 2. The number of ether oxygens (including phenoxy) is 1. The zero-order chi connectivity index (χ0) is 20.7. The van der Waals surface area contributed by atoms with Gasteiger partial charge in [0.2, 0.25) is 11.6 Å². The zero-order valence-electron chi connectivity index (χ0n) is 16.0. The third kappa shape index (κ3) is 5.28. The first-order chi connectivity index (χ1) is 13.3. The summed E-state index contributed by atoms with van der Waals surface area (Å²) in [6.45, 7) is 4.69. The molecule has 0 radical (unpaired) electrons. The molecule has 9 heteroatoms. The van der Waals surface area contributed by atoms with Crippen molar-refractivity contribution in [2.45, 2.75) is 45.8 Å². The highest BCUT2D eigenvalue weighted by atomic mass is 19.3. The molecule has 0 aromatic heterocycles. The van der Waals surface area contributed by atoms with Gasteiger partial charge < -0.3 is 20.7 Å². The van der Waals surface area contributed by atoms with Crippen LogP contribution < -0.4 is 20.7 Å². The first-order valence-corrected chi connectivity index (χ1v) is 8.85. The Morgan fingerprint density at radius 2 is 1.96 bits per heavy atom. The van der Waals surface area contributed by atoms with Gasteiger partial charge in [-0.3, -0.25) is 14.6 Å². The molecule has 0 bridgehead atoms. The predicted molar refractivity (Wildman–Crippen MR) is 101 cm³/mol. The van der Waals surface area contributed by atoms with Crippen molar-refractivity contribution in [1.82, 2.24) is 16.0 Å². The maximum atomic E-state index is 12.7. The molecule has 1 aliphatic heterocycles. The van der Waals surface area contributed by atoms with Gasteiger partial charge in [-0.15, -0.1) is 0 Å². The number of halogens is 2. The molecular weight excluding hydrogens is 370 g/mol. The van der Waals surface area contributed by atoms with Crippen LogP contribution in [0.4, 0.5) is 8.78 Å². The first-order valence-electron chi connectivity index (χ1n) is 8.85. The van der Waals surface area contributed by atoms with E-state index in [-0.39, 0.29) is 18.9 Å². The average Bonchev–Trinajstić information content (AvgIpc) is 2.65. The number of aryl methyl sites for hydroxylation is 2. The standard InChI is InChI=1S/C19H24F2N4O3/c1-4-16(26)25-19(11-22-5-6-24-19)18(27)23-9-14-7-12(2)17(13(3)8-14)28-10-15(20)21/h5-8,11,15,24H,4,9-10H2,1-3H3,(H,23,27)(H,25,26). The number of nitrogens with one attached hydrogen (secondary N) is 3. The van der Waals surface area contributed by atoms with Crippen LogP contribution in [0.5, 0.6) is 5.75 Å². The van der Waals surface area contributed by atoms with Crippen LogP contribution in [-0.4, -0.2) is 36.7 Å². The van der Waals surface area contributed by atoms with E-state index in [4.69, 9.17) is 4.74 Å². The van der Waals surface area contributed by atoms with Gasteiger partial charge in [0.1, 0.15) is 12.4 Å². The summed E-state index contributed by atoms with van der Waals surface area (Å²) in [4.78, 5) is 28.5. The summed E-state index contributed by atoms with van der Waals surface area (Å²) >= 11 is 0. The molecule has 28 heavy (non-hydrogen) atoms. The van der Waals surface area contributed by atoms with E-state index in [1.54, 1.807) is 32.9 Å². The average molecular weight is 394 g/mol. The van der Waals surface area contributed by atoms with Crippen LogP contribution in [0.1, 0.15) is 30.0 Å². The number of hydrogen-bond acceptors (Lipinski definition) is 5. The van der Waals surface area contributed by atoms with Crippen molar-refractivity contribution in [1.29, 1.82) is 0 Å². The first kappa shape index (κ1) is 21.3. The molecule has 1 unspecified atom stereocenters. The van der Waals surface area contributed by atoms with Crippen molar-refractivity contribution in [3.05, 3.63) is 41.2 Å². The highest BCUT2D eigenvalue weighted by Gasteiger charge is 2.38.